The zero-order chi connectivity index (χ0) is 23.1. The normalized spacial score (nSPS) is 17.5. The summed E-state index contributed by atoms with van der Waals surface area (Å²) in [7, 11) is -0.786. The lowest BCUT2D eigenvalue weighted by Gasteiger charge is -2.30. The average molecular weight is 462 g/mol. The SMILES string of the molecule is CN(C)S(=O)(=O)c1ccc(N2CCOCC2)c(C(=O)Nc2ccc3c(c2)OC(C)(C)O3)c1. The third kappa shape index (κ3) is 4.38. The Bertz CT molecular complexity index is 1140. The third-order valence-electron chi connectivity index (χ3n) is 5.26. The summed E-state index contributed by atoms with van der Waals surface area (Å²) < 4.78 is 43.3. The van der Waals surface area contributed by atoms with Gasteiger partial charge < -0.3 is 24.4 Å². The van der Waals surface area contributed by atoms with Crippen molar-refractivity contribution in [2.45, 2.75) is 24.5 Å². The Morgan fingerprint density at radius 3 is 2.41 bits per heavy atom. The number of amides is 1. The maximum absolute atomic E-state index is 13.3. The van der Waals surface area contributed by atoms with Crippen molar-refractivity contribution in [3.8, 4) is 11.5 Å². The van der Waals surface area contributed by atoms with Crippen LogP contribution in [0.4, 0.5) is 11.4 Å². The molecular formula is C22H27N3O6S. The van der Waals surface area contributed by atoms with Crippen LogP contribution in [0.15, 0.2) is 41.3 Å². The Morgan fingerprint density at radius 1 is 1.03 bits per heavy atom. The van der Waals surface area contributed by atoms with E-state index in [0.717, 1.165) is 4.31 Å². The van der Waals surface area contributed by atoms with Gasteiger partial charge in [0.2, 0.25) is 15.8 Å². The molecule has 10 heteroatoms. The molecule has 2 aromatic rings. The van der Waals surface area contributed by atoms with Gasteiger partial charge in [-0.1, -0.05) is 0 Å². The summed E-state index contributed by atoms with van der Waals surface area (Å²) >= 11 is 0. The lowest BCUT2D eigenvalue weighted by atomic mass is 10.1. The molecule has 1 N–H and O–H groups in total. The molecule has 1 saturated heterocycles. The minimum absolute atomic E-state index is 0.0529. The van der Waals surface area contributed by atoms with E-state index in [1.165, 1.54) is 26.2 Å². The summed E-state index contributed by atoms with van der Waals surface area (Å²) in [4.78, 5) is 15.4. The quantitative estimate of drug-likeness (QED) is 0.731. The molecule has 32 heavy (non-hydrogen) atoms. The van der Waals surface area contributed by atoms with Crippen LogP contribution in [0.1, 0.15) is 24.2 Å². The molecule has 0 unspecified atom stereocenters. The third-order valence-corrected chi connectivity index (χ3v) is 7.07. The largest absolute Gasteiger partial charge is 0.449 e. The molecule has 172 valence electrons. The van der Waals surface area contributed by atoms with E-state index in [9.17, 15) is 13.2 Å². The number of carbonyl (C=O) groups excluding carboxylic acids is 1. The molecule has 1 amide bonds. The minimum Gasteiger partial charge on any atom is -0.449 e. The lowest BCUT2D eigenvalue weighted by molar-refractivity contribution is -0.0431. The summed E-state index contributed by atoms with van der Waals surface area (Å²) in [6.07, 6.45) is 0. The predicted octanol–water partition coefficient (Wildman–Crippen LogP) is 2.53. The molecule has 9 nitrogen and oxygen atoms in total. The molecule has 2 aromatic carbocycles. The monoisotopic (exact) mass is 461 g/mol. The number of ether oxygens (including phenoxy) is 3. The number of nitrogens with zero attached hydrogens (tertiary/aromatic N) is 2. The summed E-state index contributed by atoms with van der Waals surface area (Å²) in [5, 5.41) is 2.86. The first-order chi connectivity index (χ1) is 15.1. The first-order valence-corrected chi connectivity index (χ1v) is 11.7. The van der Waals surface area contributed by atoms with Gasteiger partial charge >= 0.3 is 0 Å². The number of anilines is 2. The van der Waals surface area contributed by atoms with Gasteiger partial charge in [-0.3, -0.25) is 4.79 Å². The maximum Gasteiger partial charge on any atom is 0.257 e. The second kappa shape index (κ2) is 8.27. The molecule has 4 rings (SSSR count). The van der Waals surface area contributed by atoms with Crippen LogP contribution in [0.3, 0.4) is 0 Å². The van der Waals surface area contributed by atoms with Gasteiger partial charge in [-0.05, 0) is 30.3 Å². The van der Waals surface area contributed by atoms with Crippen molar-refractivity contribution in [3.05, 3.63) is 42.0 Å². The van der Waals surface area contributed by atoms with Crippen molar-refractivity contribution >= 4 is 27.3 Å². The Balaban J connectivity index is 1.68. The number of carbonyl (C=O) groups is 1. The molecule has 0 saturated carbocycles. The van der Waals surface area contributed by atoms with Crippen LogP contribution in [-0.4, -0.2) is 64.8 Å². The summed E-state index contributed by atoms with van der Waals surface area (Å²) in [6, 6.07) is 9.77. The maximum atomic E-state index is 13.3. The first kappa shape index (κ1) is 22.4. The van der Waals surface area contributed by atoms with E-state index in [1.54, 1.807) is 38.1 Å². The molecule has 0 aliphatic carbocycles. The number of benzene rings is 2. The number of hydrogen-bond acceptors (Lipinski definition) is 7. The van der Waals surface area contributed by atoms with E-state index in [-0.39, 0.29) is 10.5 Å². The highest BCUT2D eigenvalue weighted by atomic mass is 32.2. The van der Waals surface area contributed by atoms with Gasteiger partial charge in [0, 0.05) is 58.5 Å². The summed E-state index contributed by atoms with van der Waals surface area (Å²) in [5.41, 5.74) is 1.45. The van der Waals surface area contributed by atoms with Gasteiger partial charge in [-0.2, -0.15) is 0 Å². The van der Waals surface area contributed by atoms with Crippen LogP contribution in [0.2, 0.25) is 0 Å². The van der Waals surface area contributed by atoms with Crippen LogP contribution in [0, 0.1) is 0 Å². The smallest absolute Gasteiger partial charge is 0.257 e. The molecule has 0 spiro atoms. The van der Waals surface area contributed by atoms with Crippen molar-refractivity contribution in [1.29, 1.82) is 0 Å². The van der Waals surface area contributed by atoms with E-state index in [1.807, 2.05) is 4.90 Å². The van der Waals surface area contributed by atoms with Gasteiger partial charge in [-0.25, -0.2) is 12.7 Å². The lowest BCUT2D eigenvalue weighted by Crippen LogP contribution is -2.37. The molecule has 0 radical (unpaired) electrons. The van der Waals surface area contributed by atoms with Gasteiger partial charge in [0.15, 0.2) is 11.5 Å². The van der Waals surface area contributed by atoms with E-state index < -0.39 is 21.7 Å². The van der Waals surface area contributed by atoms with Gasteiger partial charge in [0.1, 0.15) is 0 Å². The van der Waals surface area contributed by atoms with Crippen LogP contribution < -0.4 is 19.7 Å². The first-order valence-electron chi connectivity index (χ1n) is 10.3. The van der Waals surface area contributed by atoms with E-state index in [4.69, 9.17) is 14.2 Å². The van der Waals surface area contributed by atoms with Gasteiger partial charge in [0.05, 0.1) is 23.7 Å². The topological polar surface area (TPSA) is 97.4 Å². The minimum atomic E-state index is -3.70. The second-order valence-corrected chi connectivity index (χ2v) is 10.4. The van der Waals surface area contributed by atoms with Crippen LogP contribution >= 0.6 is 0 Å². The fraction of sp³-hybridized carbons (Fsp3) is 0.409. The van der Waals surface area contributed by atoms with Crippen molar-refractivity contribution in [2.75, 3.05) is 50.6 Å². The Morgan fingerprint density at radius 2 is 1.72 bits per heavy atom. The van der Waals surface area contributed by atoms with Crippen molar-refractivity contribution < 1.29 is 27.4 Å². The molecule has 0 atom stereocenters. The number of rotatable bonds is 5. The summed E-state index contributed by atoms with van der Waals surface area (Å²) in [6.45, 7) is 5.90. The van der Waals surface area contributed by atoms with Crippen LogP contribution in [0.25, 0.3) is 0 Å². The molecular weight excluding hydrogens is 434 g/mol. The second-order valence-electron chi connectivity index (χ2n) is 8.29. The molecule has 0 bridgehead atoms. The molecule has 2 heterocycles. The van der Waals surface area contributed by atoms with Crippen molar-refractivity contribution in [2.24, 2.45) is 0 Å². The van der Waals surface area contributed by atoms with Crippen LogP contribution in [-0.2, 0) is 14.8 Å². The molecule has 1 fully saturated rings. The molecule has 2 aliphatic heterocycles. The number of fused-ring (bicyclic) bond motifs is 1. The number of hydrogen-bond donors (Lipinski definition) is 1. The molecule has 0 aromatic heterocycles. The Kier molecular flexibility index (Phi) is 5.78. The number of sulfonamides is 1. The molecule has 2 aliphatic rings. The zero-order valence-corrected chi connectivity index (χ0v) is 19.4. The van der Waals surface area contributed by atoms with Crippen LogP contribution in [0.5, 0.6) is 11.5 Å². The summed E-state index contributed by atoms with van der Waals surface area (Å²) in [5.74, 6) is -0.0600. The highest BCUT2D eigenvalue weighted by Gasteiger charge is 2.32. The predicted molar refractivity (Wildman–Crippen MR) is 120 cm³/mol. The number of morpholine rings is 1. The van der Waals surface area contributed by atoms with E-state index in [2.05, 4.69) is 5.32 Å². The van der Waals surface area contributed by atoms with Gasteiger partial charge in [-0.15, -0.1) is 0 Å². The van der Waals surface area contributed by atoms with E-state index >= 15 is 0 Å². The Labute approximate surface area is 187 Å². The highest BCUT2D eigenvalue weighted by Crippen LogP contribution is 2.40. The fourth-order valence-electron chi connectivity index (χ4n) is 3.65. The van der Waals surface area contributed by atoms with E-state index in [0.29, 0.717) is 49.2 Å². The Hall–Kier alpha value is -2.82. The van der Waals surface area contributed by atoms with Crippen molar-refractivity contribution in [3.63, 3.8) is 0 Å². The number of nitrogens with one attached hydrogen (secondary N) is 1. The average Bonchev–Trinajstić information content (AvgIpc) is 3.06. The highest BCUT2D eigenvalue weighted by molar-refractivity contribution is 7.89. The van der Waals surface area contributed by atoms with Crippen molar-refractivity contribution in [1.82, 2.24) is 4.31 Å². The van der Waals surface area contributed by atoms with Gasteiger partial charge in [0.25, 0.3) is 5.91 Å². The fourth-order valence-corrected chi connectivity index (χ4v) is 4.58. The zero-order valence-electron chi connectivity index (χ0n) is 18.5. The standard InChI is InChI=1S/C22H27N3O6S/c1-22(2)30-19-8-5-15(13-20(19)31-22)23-21(26)17-14-16(32(27,28)24(3)4)6-7-18(17)25-9-11-29-12-10-25/h5-8,13-14H,9-12H2,1-4H3,(H,23,26).